The fourth-order valence-electron chi connectivity index (χ4n) is 3.98. The van der Waals surface area contributed by atoms with Crippen LogP contribution in [0.25, 0.3) is 21.8 Å². The zero-order valence-corrected chi connectivity index (χ0v) is 19.2. The summed E-state index contributed by atoms with van der Waals surface area (Å²) in [6.45, 7) is 1.84. The van der Waals surface area contributed by atoms with Gasteiger partial charge in [-0.05, 0) is 30.7 Å². The minimum atomic E-state index is -0.914. The van der Waals surface area contributed by atoms with Crippen molar-refractivity contribution in [1.29, 1.82) is 0 Å². The highest BCUT2D eigenvalue weighted by molar-refractivity contribution is 7.13. The number of amides is 3. The van der Waals surface area contributed by atoms with E-state index in [4.69, 9.17) is 4.98 Å². The van der Waals surface area contributed by atoms with Crippen molar-refractivity contribution in [1.82, 2.24) is 15.2 Å². The van der Waals surface area contributed by atoms with E-state index in [1.54, 1.807) is 42.5 Å². The SMILES string of the molecule is CC(C(=O)NCc1cccc(-c2nc(-c3ccccc3)cs2)c1)N1C(=O)c2ccccc2C1=O. The Balaban J connectivity index is 1.26. The van der Waals surface area contributed by atoms with Crippen LogP contribution in [0.3, 0.4) is 0 Å². The van der Waals surface area contributed by atoms with Gasteiger partial charge in [-0.25, -0.2) is 4.98 Å². The minimum absolute atomic E-state index is 0.275. The average molecular weight is 468 g/mol. The van der Waals surface area contributed by atoms with Crippen LogP contribution in [0.1, 0.15) is 33.2 Å². The van der Waals surface area contributed by atoms with Crippen molar-refractivity contribution in [3.05, 3.63) is 101 Å². The standard InChI is InChI=1S/C27H21N3O3S/c1-17(30-26(32)21-12-5-6-13-22(21)27(30)33)24(31)28-15-18-8-7-11-20(14-18)25-29-23(16-34-25)19-9-3-2-4-10-19/h2-14,16-17H,15H2,1H3,(H,28,31). The lowest BCUT2D eigenvalue weighted by Gasteiger charge is -2.21. The molecule has 7 heteroatoms. The summed E-state index contributed by atoms with van der Waals surface area (Å²) in [6.07, 6.45) is 0. The first-order valence-electron chi connectivity index (χ1n) is 10.9. The average Bonchev–Trinajstić information content (AvgIpc) is 3.47. The smallest absolute Gasteiger partial charge is 0.262 e. The summed E-state index contributed by atoms with van der Waals surface area (Å²) in [5, 5.41) is 5.78. The van der Waals surface area contributed by atoms with Gasteiger partial charge in [-0.2, -0.15) is 0 Å². The fraction of sp³-hybridized carbons (Fsp3) is 0.111. The molecule has 0 fully saturated rings. The van der Waals surface area contributed by atoms with E-state index >= 15 is 0 Å². The van der Waals surface area contributed by atoms with Crippen LogP contribution < -0.4 is 5.32 Å². The Kier molecular flexibility index (Phi) is 5.77. The van der Waals surface area contributed by atoms with Crippen molar-refractivity contribution in [2.45, 2.75) is 19.5 Å². The normalized spacial score (nSPS) is 13.6. The van der Waals surface area contributed by atoms with E-state index in [1.807, 2.05) is 60.0 Å². The molecule has 0 bridgehead atoms. The molecule has 1 aromatic heterocycles. The topological polar surface area (TPSA) is 79.4 Å². The molecule has 0 spiro atoms. The molecule has 1 atom stereocenters. The molecule has 0 aliphatic carbocycles. The summed E-state index contributed by atoms with van der Waals surface area (Å²) >= 11 is 1.57. The second kappa shape index (κ2) is 9.03. The van der Waals surface area contributed by atoms with Gasteiger partial charge in [-0.15, -0.1) is 11.3 Å². The van der Waals surface area contributed by atoms with E-state index in [1.165, 1.54) is 0 Å². The van der Waals surface area contributed by atoms with Crippen molar-refractivity contribution in [2.75, 3.05) is 0 Å². The quantitative estimate of drug-likeness (QED) is 0.414. The van der Waals surface area contributed by atoms with Gasteiger partial charge in [0.1, 0.15) is 11.0 Å². The predicted octanol–water partition coefficient (Wildman–Crippen LogP) is 4.78. The van der Waals surface area contributed by atoms with Crippen molar-refractivity contribution in [2.24, 2.45) is 0 Å². The van der Waals surface area contributed by atoms with Gasteiger partial charge in [0.05, 0.1) is 16.8 Å². The number of hydrogen-bond acceptors (Lipinski definition) is 5. The molecule has 4 aromatic rings. The highest BCUT2D eigenvalue weighted by Crippen LogP contribution is 2.29. The maximum Gasteiger partial charge on any atom is 0.262 e. The Bertz CT molecular complexity index is 1360. The second-order valence-electron chi connectivity index (χ2n) is 8.02. The van der Waals surface area contributed by atoms with Crippen LogP contribution in [0.5, 0.6) is 0 Å². The van der Waals surface area contributed by atoms with Gasteiger partial charge in [0.25, 0.3) is 11.8 Å². The van der Waals surface area contributed by atoms with Crippen molar-refractivity contribution >= 4 is 29.1 Å². The molecule has 0 saturated carbocycles. The van der Waals surface area contributed by atoms with Crippen molar-refractivity contribution in [3.8, 4) is 21.8 Å². The molecule has 1 N–H and O–H groups in total. The molecule has 1 aliphatic heterocycles. The summed E-state index contributed by atoms with van der Waals surface area (Å²) in [4.78, 5) is 43.9. The highest BCUT2D eigenvalue weighted by atomic mass is 32.1. The Morgan fingerprint density at radius 3 is 2.26 bits per heavy atom. The molecular formula is C27H21N3O3S. The molecule has 1 aliphatic rings. The molecule has 3 aromatic carbocycles. The van der Waals surface area contributed by atoms with Gasteiger partial charge in [0.2, 0.25) is 5.91 Å². The number of fused-ring (bicyclic) bond motifs is 1. The number of thiazole rings is 1. The molecule has 1 unspecified atom stereocenters. The predicted molar refractivity (Wildman–Crippen MR) is 131 cm³/mol. The number of nitrogens with zero attached hydrogens (tertiary/aromatic N) is 2. The lowest BCUT2D eigenvalue weighted by Crippen LogP contribution is -2.47. The number of aromatic nitrogens is 1. The first-order valence-corrected chi connectivity index (χ1v) is 11.8. The molecule has 2 heterocycles. The third-order valence-electron chi connectivity index (χ3n) is 5.81. The third-order valence-corrected chi connectivity index (χ3v) is 6.70. The van der Waals surface area contributed by atoms with E-state index < -0.39 is 17.9 Å². The fourth-order valence-corrected chi connectivity index (χ4v) is 4.80. The van der Waals surface area contributed by atoms with Crippen molar-refractivity contribution in [3.63, 3.8) is 0 Å². The van der Waals surface area contributed by atoms with Gasteiger partial charge < -0.3 is 5.32 Å². The van der Waals surface area contributed by atoms with Crippen LogP contribution in [0, 0.1) is 0 Å². The second-order valence-corrected chi connectivity index (χ2v) is 8.88. The Labute approximate surface area is 200 Å². The molecule has 5 rings (SSSR count). The van der Waals surface area contributed by atoms with E-state index in [0.29, 0.717) is 11.1 Å². The van der Waals surface area contributed by atoms with E-state index in [0.717, 1.165) is 32.3 Å². The van der Waals surface area contributed by atoms with Crippen LogP contribution in [-0.2, 0) is 11.3 Å². The van der Waals surface area contributed by atoms with E-state index in [9.17, 15) is 14.4 Å². The number of hydrogen-bond donors (Lipinski definition) is 1. The first kappa shape index (κ1) is 21.7. The van der Waals surface area contributed by atoms with Gasteiger partial charge in [-0.3, -0.25) is 19.3 Å². The van der Waals surface area contributed by atoms with Gasteiger partial charge in [-0.1, -0.05) is 60.7 Å². The summed E-state index contributed by atoms with van der Waals surface area (Å²) < 4.78 is 0. The number of carbonyl (C=O) groups excluding carboxylic acids is 3. The molecule has 34 heavy (non-hydrogen) atoms. The van der Waals surface area contributed by atoms with Crippen molar-refractivity contribution < 1.29 is 14.4 Å². The summed E-state index contributed by atoms with van der Waals surface area (Å²) in [7, 11) is 0. The summed E-state index contributed by atoms with van der Waals surface area (Å²) in [6, 6.07) is 23.5. The maximum absolute atomic E-state index is 12.8. The van der Waals surface area contributed by atoms with Crippen LogP contribution in [-0.4, -0.2) is 33.6 Å². The lowest BCUT2D eigenvalue weighted by molar-refractivity contribution is -0.124. The number of nitrogens with one attached hydrogen (secondary N) is 1. The van der Waals surface area contributed by atoms with E-state index in [-0.39, 0.29) is 12.5 Å². The summed E-state index contributed by atoms with van der Waals surface area (Å²) in [5.74, 6) is -1.27. The van der Waals surface area contributed by atoms with Gasteiger partial charge in [0.15, 0.2) is 0 Å². The van der Waals surface area contributed by atoms with Crippen LogP contribution in [0.2, 0.25) is 0 Å². The van der Waals surface area contributed by atoms with Crippen LogP contribution in [0.4, 0.5) is 0 Å². The third kappa shape index (κ3) is 4.02. The van der Waals surface area contributed by atoms with Gasteiger partial charge in [0, 0.05) is 23.1 Å². The lowest BCUT2D eigenvalue weighted by atomic mass is 10.1. The Morgan fingerprint density at radius 2 is 1.56 bits per heavy atom. The highest BCUT2D eigenvalue weighted by Gasteiger charge is 2.40. The number of rotatable bonds is 6. The van der Waals surface area contributed by atoms with Crippen LogP contribution in [0.15, 0.2) is 84.2 Å². The molecule has 6 nitrogen and oxygen atoms in total. The molecular weight excluding hydrogens is 446 g/mol. The number of benzene rings is 3. The molecule has 3 amide bonds. The Morgan fingerprint density at radius 1 is 0.912 bits per heavy atom. The summed E-state index contributed by atoms with van der Waals surface area (Å²) in [5.41, 5.74) is 4.52. The van der Waals surface area contributed by atoms with E-state index in [2.05, 4.69) is 5.32 Å². The van der Waals surface area contributed by atoms with Gasteiger partial charge >= 0.3 is 0 Å². The monoisotopic (exact) mass is 467 g/mol. The zero-order chi connectivity index (χ0) is 23.7. The number of imide groups is 1. The molecule has 0 radical (unpaired) electrons. The van der Waals surface area contributed by atoms with Crippen LogP contribution >= 0.6 is 11.3 Å². The molecule has 168 valence electrons. The Hall–Kier alpha value is -4.10. The minimum Gasteiger partial charge on any atom is -0.350 e. The molecule has 0 saturated heterocycles. The maximum atomic E-state index is 12.8. The number of carbonyl (C=O) groups is 3. The first-order chi connectivity index (χ1) is 16.5. The largest absolute Gasteiger partial charge is 0.350 e. The zero-order valence-electron chi connectivity index (χ0n) is 18.4.